The summed E-state index contributed by atoms with van der Waals surface area (Å²) >= 11 is 3.52. The van der Waals surface area contributed by atoms with Crippen molar-refractivity contribution in [2.24, 2.45) is 0 Å². The van der Waals surface area contributed by atoms with E-state index in [4.69, 9.17) is 5.11 Å². The van der Waals surface area contributed by atoms with Crippen molar-refractivity contribution in [1.29, 1.82) is 0 Å². The Morgan fingerprint density at radius 1 is 1.09 bits per heavy atom. The lowest BCUT2D eigenvalue weighted by Gasteiger charge is -2.01. The molecule has 2 heteroatoms. The summed E-state index contributed by atoms with van der Waals surface area (Å²) in [5, 5.41) is 8.50. The molecule has 0 aliphatic rings. The summed E-state index contributed by atoms with van der Waals surface area (Å²) in [6, 6.07) is 0. The molecule has 0 spiro atoms. The smallest absolute Gasteiger partial charge is 0.0431 e. The van der Waals surface area contributed by atoms with Gasteiger partial charge in [-0.3, -0.25) is 0 Å². The highest BCUT2D eigenvalue weighted by Gasteiger charge is 1.94. The van der Waals surface area contributed by atoms with Gasteiger partial charge >= 0.3 is 0 Å². The first kappa shape index (κ1) is 11.4. The first-order valence-electron chi connectivity index (χ1n) is 4.52. The van der Waals surface area contributed by atoms with Gasteiger partial charge in [-0.15, -0.1) is 0 Å². The standard InChI is InChI=1S/C9H19BrO/c1-9(10)7-5-3-2-4-6-8-11/h9,11H,2-8H2,1H3/t9-/m1/s1. The van der Waals surface area contributed by atoms with Gasteiger partial charge in [0.1, 0.15) is 0 Å². The largest absolute Gasteiger partial charge is 0.396 e. The summed E-state index contributed by atoms with van der Waals surface area (Å²) in [5.41, 5.74) is 0. The molecule has 0 saturated carbocycles. The van der Waals surface area contributed by atoms with Gasteiger partial charge in [-0.05, 0) is 12.8 Å². The molecule has 0 aromatic heterocycles. The molecule has 1 N–H and O–H groups in total. The molecule has 0 bridgehead atoms. The molecule has 0 aliphatic carbocycles. The summed E-state index contributed by atoms with van der Waals surface area (Å²) in [6.07, 6.45) is 7.35. The van der Waals surface area contributed by atoms with Gasteiger partial charge in [-0.25, -0.2) is 0 Å². The van der Waals surface area contributed by atoms with Gasteiger partial charge < -0.3 is 5.11 Å². The lowest BCUT2D eigenvalue weighted by Crippen LogP contribution is -1.89. The van der Waals surface area contributed by atoms with E-state index in [1.54, 1.807) is 0 Å². The number of halogens is 1. The maximum Gasteiger partial charge on any atom is 0.0431 e. The number of alkyl halides is 1. The third-order valence-electron chi connectivity index (χ3n) is 1.76. The minimum Gasteiger partial charge on any atom is -0.396 e. The molecule has 0 amide bonds. The Kier molecular flexibility index (Phi) is 8.88. The Balaban J connectivity index is 2.80. The Labute approximate surface area is 78.3 Å². The monoisotopic (exact) mass is 222 g/mol. The fourth-order valence-corrected chi connectivity index (χ4v) is 1.39. The van der Waals surface area contributed by atoms with Crippen LogP contribution in [0.25, 0.3) is 0 Å². The van der Waals surface area contributed by atoms with E-state index >= 15 is 0 Å². The zero-order valence-corrected chi connectivity index (χ0v) is 8.94. The van der Waals surface area contributed by atoms with Crippen molar-refractivity contribution in [2.75, 3.05) is 6.61 Å². The van der Waals surface area contributed by atoms with E-state index in [2.05, 4.69) is 22.9 Å². The molecule has 0 radical (unpaired) electrons. The van der Waals surface area contributed by atoms with Gasteiger partial charge in [0.05, 0.1) is 0 Å². The van der Waals surface area contributed by atoms with Crippen LogP contribution in [0, 0.1) is 0 Å². The maximum atomic E-state index is 8.50. The highest BCUT2D eigenvalue weighted by molar-refractivity contribution is 9.09. The van der Waals surface area contributed by atoms with Gasteiger partial charge in [0, 0.05) is 11.4 Å². The van der Waals surface area contributed by atoms with E-state index < -0.39 is 0 Å². The van der Waals surface area contributed by atoms with Crippen molar-refractivity contribution in [1.82, 2.24) is 0 Å². The quantitative estimate of drug-likeness (QED) is 0.519. The molecule has 68 valence electrons. The first-order chi connectivity index (χ1) is 5.27. The van der Waals surface area contributed by atoms with E-state index in [-0.39, 0.29) is 0 Å². The predicted octanol–water partition coefficient (Wildman–Crippen LogP) is 3.10. The normalized spacial score (nSPS) is 13.4. The van der Waals surface area contributed by atoms with Crippen LogP contribution in [0.2, 0.25) is 0 Å². The van der Waals surface area contributed by atoms with Gasteiger partial charge in [0.25, 0.3) is 0 Å². The van der Waals surface area contributed by atoms with Crippen LogP contribution < -0.4 is 0 Å². The molecular formula is C9H19BrO. The van der Waals surface area contributed by atoms with Gasteiger partial charge in [0.15, 0.2) is 0 Å². The average molecular weight is 223 g/mol. The minimum atomic E-state index is 0.356. The molecule has 1 nitrogen and oxygen atoms in total. The number of hydrogen-bond acceptors (Lipinski definition) is 1. The Morgan fingerprint density at radius 3 is 2.18 bits per heavy atom. The molecule has 0 saturated heterocycles. The maximum absolute atomic E-state index is 8.50. The predicted molar refractivity (Wildman–Crippen MR) is 53.2 cm³/mol. The second-order valence-electron chi connectivity index (χ2n) is 3.06. The minimum absolute atomic E-state index is 0.356. The van der Waals surface area contributed by atoms with Crippen molar-refractivity contribution < 1.29 is 5.11 Å². The topological polar surface area (TPSA) is 20.2 Å². The highest BCUT2D eigenvalue weighted by atomic mass is 79.9. The Morgan fingerprint density at radius 2 is 1.64 bits per heavy atom. The summed E-state index contributed by atoms with van der Waals surface area (Å²) in [4.78, 5) is 0.667. The zero-order chi connectivity index (χ0) is 8.53. The van der Waals surface area contributed by atoms with Crippen LogP contribution in [-0.2, 0) is 0 Å². The fourth-order valence-electron chi connectivity index (χ4n) is 1.07. The lowest BCUT2D eigenvalue weighted by atomic mass is 10.1. The summed E-state index contributed by atoms with van der Waals surface area (Å²) < 4.78 is 0. The molecule has 0 unspecified atom stereocenters. The molecule has 0 fully saturated rings. The highest BCUT2D eigenvalue weighted by Crippen LogP contribution is 2.11. The number of rotatable bonds is 7. The number of hydrogen-bond donors (Lipinski definition) is 1. The van der Waals surface area contributed by atoms with Crippen molar-refractivity contribution in [2.45, 2.75) is 50.3 Å². The van der Waals surface area contributed by atoms with Crippen LogP contribution in [0.1, 0.15) is 45.4 Å². The van der Waals surface area contributed by atoms with Crippen LogP contribution in [0.15, 0.2) is 0 Å². The number of unbranched alkanes of at least 4 members (excludes halogenated alkanes) is 4. The van der Waals surface area contributed by atoms with Gasteiger partial charge in [0.2, 0.25) is 0 Å². The summed E-state index contributed by atoms with van der Waals surface area (Å²) in [7, 11) is 0. The Hall–Kier alpha value is 0.440. The Bertz CT molecular complexity index is 74.0. The van der Waals surface area contributed by atoms with Crippen LogP contribution in [0.4, 0.5) is 0 Å². The van der Waals surface area contributed by atoms with Crippen molar-refractivity contribution in [3.8, 4) is 0 Å². The van der Waals surface area contributed by atoms with E-state index in [0.29, 0.717) is 11.4 Å². The second-order valence-corrected chi connectivity index (χ2v) is 4.62. The van der Waals surface area contributed by atoms with Crippen LogP contribution in [0.5, 0.6) is 0 Å². The van der Waals surface area contributed by atoms with E-state index in [1.165, 1.54) is 32.1 Å². The average Bonchev–Trinajstić information content (AvgIpc) is 1.96. The van der Waals surface area contributed by atoms with Crippen LogP contribution in [-0.4, -0.2) is 16.5 Å². The van der Waals surface area contributed by atoms with Crippen LogP contribution in [0.3, 0.4) is 0 Å². The molecule has 0 aliphatic heterocycles. The summed E-state index contributed by atoms with van der Waals surface area (Å²) in [5.74, 6) is 0. The van der Waals surface area contributed by atoms with Gasteiger partial charge in [-0.2, -0.15) is 0 Å². The zero-order valence-electron chi connectivity index (χ0n) is 7.35. The number of aliphatic hydroxyl groups excluding tert-OH is 1. The third kappa shape index (κ3) is 10.4. The molecule has 0 heterocycles. The molecule has 11 heavy (non-hydrogen) atoms. The SMILES string of the molecule is C[C@@H](Br)CCCCCCCO. The molecule has 0 aromatic rings. The fraction of sp³-hybridized carbons (Fsp3) is 1.00. The first-order valence-corrected chi connectivity index (χ1v) is 5.44. The van der Waals surface area contributed by atoms with Crippen molar-refractivity contribution >= 4 is 15.9 Å². The van der Waals surface area contributed by atoms with Gasteiger partial charge in [-0.1, -0.05) is 48.5 Å². The molecule has 1 atom stereocenters. The van der Waals surface area contributed by atoms with Crippen molar-refractivity contribution in [3.05, 3.63) is 0 Å². The second kappa shape index (κ2) is 8.54. The molecule has 0 aromatic carbocycles. The summed E-state index contributed by atoms with van der Waals surface area (Å²) in [6.45, 7) is 2.54. The molecule has 0 rings (SSSR count). The van der Waals surface area contributed by atoms with Crippen molar-refractivity contribution in [3.63, 3.8) is 0 Å². The molecular weight excluding hydrogens is 204 g/mol. The lowest BCUT2D eigenvalue weighted by molar-refractivity contribution is 0.282. The van der Waals surface area contributed by atoms with Crippen LogP contribution >= 0.6 is 15.9 Å². The van der Waals surface area contributed by atoms with E-state index in [0.717, 1.165) is 6.42 Å². The number of aliphatic hydroxyl groups is 1. The third-order valence-corrected chi connectivity index (χ3v) is 2.22. The van der Waals surface area contributed by atoms with E-state index in [9.17, 15) is 0 Å². The van der Waals surface area contributed by atoms with E-state index in [1.807, 2.05) is 0 Å².